The van der Waals surface area contributed by atoms with Crippen molar-refractivity contribution in [3.8, 4) is 11.5 Å². The Labute approximate surface area is 93.3 Å². The first-order valence-corrected chi connectivity index (χ1v) is 4.88. The minimum absolute atomic E-state index is 0.526. The molecule has 5 heteroatoms. The minimum atomic E-state index is -0.712. The molecular formula is C11H13NO4. The number of methoxy groups -OCH3 is 1. The van der Waals surface area contributed by atoms with Gasteiger partial charge in [0, 0.05) is 13.8 Å². The molecule has 1 aromatic rings. The van der Waals surface area contributed by atoms with Crippen LogP contribution in [0.1, 0.15) is 13.8 Å². The fourth-order valence-corrected chi connectivity index (χ4v) is 1.49. The van der Waals surface area contributed by atoms with Gasteiger partial charge in [0.25, 0.3) is 0 Å². The Morgan fingerprint density at radius 1 is 1.38 bits per heavy atom. The maximum absolute atomic E-state index is 11.1. The Hall–Kier alpha value is -1.91. The van der Waals surface area contributed by atoms with Crippen molar-refractivity contribution in [2.45, 2.75) is 19.6 Å². The van der Waals surface area contributed by atoms with Crippen molar-refractivity contribution in [1.82, 2.24) is 0 Å². The zero-order valence-corrected chi connectivity index (χ0v) is 9.37. The van der Waals surface area contributed by atoms with Crippen LogP contribution in [-0.4, -0.2) is 19.0 Å². The van der Waals surface area contributed by atoms with E-state index in [0.717, 1.165) is 0 Å². The SMILES string of the molecule is COC(=O)Nc1cccc2c1OC(C)(C)O2. The number of carbonyl (C=O) groups is 1. The van der Waals surface area contributed by atoms with E-state index >= 15 is 0 Å². The van der Waals surface area contributed by atoms with E-state index in [0.29, 0.717) is 17.2 Å². The molecule has 1 amide bonds. The van der Waals surface area contributed by atoms with Gasteiger partial charge in [-0.2, -0.15) is 0 Å². The molecule has 16 heavy (non-hydrogen) atoms. The maximum Gasteiger partial charge on any atom is 0.411 e. The van der Waals surface area contributed by atoms with Crippen molar-refractivity contribution >= 4 is 11.8 Å². The quantitative estimate of drug-likeness (QED) is 0.794. The van der Waals surface area contributed by atoms with Gasteiger partial charge in [-0.05, 0) is 12.1 Å². The lowest BCUT2D eigenvalue weighted by atomic mass is 10.3. The molecule has 5 nitrogen and oxygen atoms in total. The highest BCUT2D eigenvalue weighted by molar-refractivity contribution is 5.87. The van der Waals surface area contributed by atoms with Gasteiger partial charge in [0.2, 0.25) is 5.79 Å². The van der Waals surface area contributed by atoms with Gasteiger partial charge in [-0.15, -0.1) is 0 Å². The summed E-state index contributed by atoms with van der Waals surface area (Å²) in [6.45, 7) is 3.60. The molecular weight excluding hydrogens is 210 g/mol. The molecule has 0 saturated heterocycles. The van der Waals surface area contributed by atoms with Crippen LogP contribution >= 0.6 is 0 Å². The largest absolute Gasteiger partial charge is 0.453 e. The monoisotopic (exact) mass is 223 g/mol. The summed E-state index contributed by atoms with van der Waals surface area (Å²) in [6, 6.07) is 5.28. The predicted octanol–water partition coefficient (Wildman–Crippen LogP) is 2.37. The number of hydrogen-bond acceptors (Lipinski definition) is 4. The number of benzene rings is 1. The molecule has 0 unspecified atom stereocenters. The molecule has 1 aliphatic heterocycles. The lowest BCUT2D eigenvalue weighted by Crippen LogP contribution is -2.30. The lowest BCUT2D eigenvalue weighted by molar-refractivity contribution is -0.0429. The van der Waals surface area contributed by atoms with Crippen molar-refractivity contribution in [2.24, 2.45) is 0 Å². The molecule has 1 N–H and O–H groups in total. The summed E-state index contributed by atoms with van der Waals surface area (Å²) in [5, 5.41) is 2.56. The number of amides is 1. The molecule has 86 valence electrons. The van der Waals surface area contributed by atoms with E-state index in [-0.39, 0.29) is 0 Å². The van der Waals surface area contributed by atoms with Crippen LogP contribution in [0, 0.1) is 0 Å². The second-order valence-corrected chi connectivity index (χ2v) is 3.85. The smallest absolute Gasteiger partial charge is 0.411 e. The van der Waals surface area contributed by atoms with Crippen molar-refractivity contribution in [3.63, 3.8) is 0 Å². The van der Waals surface area contributed by atoms with Gasteiger partial charge in [-0.3, -0.25) is 5.32 Å². The standard InChI is InChI=1S/C11H13NO4/c1-11(2)15-8-6-4-5-7(9(8)16-11)12-10(13)14-3/h4-6H,1-3H3,(H,12,13). The predicted molar refractivity (Wildman–Crippen MR) is 57.8 cm³/mol. The number of nitrogens with one attached hydrogen (secondary N) is 1. The summed E-state index contributed by atoms with van der Waals surface area (Å²) in [5.74, 6) is 0.424. The fraction of sp³-hybridized carbons (Fsp3) is 0.364. The van der Waals surface area contributed by atoms with Gasteiger partial charge in [0.15, 0.2) is 11.5 Å². The highest BCUT2D eigenvalue weighted by Crippen LogP contribution is 2.44. The number of rotatable bonds is 1. The van der Waals surface area contributed by atoms with E-state index < -0.39 is 11.9 Å². The van der Waals surface area contributed by atoms with Crippen LogP contribution < -0.4 is 14.8 Å². The van der Waals surface area contributed by atoms with E-state index in [1.54, 1.807) is 32.0 Å². The Kier molecular flexibility index (Phi) is 2.38. The first-order valence-electron chi connectivity index (χ1n) is 4.88. The number of para-hydroxylation sites is 1. The van der Waals surface area contributed by atoms with Gasteiger partial charge in [-0.25, -0.2) is 4.79 Å². The van der Waals surface area contributed by atoms with Crippen molar-refractivity contribution < 1.29 is 19.0 Å². The number of hydrogen-bond donors (Lipinski definition) is 1. The Bertz CT molecular complexity index is 428. The van der Waals surface area contributed by atoms with E-state index in [1.807, 2.05) is 0 Å². The average Bonchev–Trinajstić information content (AvgIpc) is 2.53. The molecule has 1 aliphatic rings. The van der Waals surface area contributed by atoms with E-state index in [1.165, 1.54) is 7.11 Å². The van der Waals surface area contributed by atoms with Gasteiger partial charge >= 0.3 is 6.09 Å². The minimum Gasteiger partial charge on any atom is -0.453 e. The van der Waals surface area contributed by atoms with Crippen LogP contribution in [0.5, 0.6) is 11.5 Å². The van der Waals surface area contributed by atoms with Gasteiger partial charge < -0.3 is 14.2 Å². The summed E-state index contributed by atoms with van der Waals surface area (Å²) >= 11 is 0. The summed E-state index contributed by atoms with van der Waals surface area (Å²) in [5.41, 5.74) is 0.537. The van der Waals surface area contributed by atoms with Crippen LogP contribution in [0.4, 0.5) is 10.5 Å². The molecule has 1 heterocycles. The van der Waals surface area contributed by atoms with Crippen LogP contribution in [0.2, 0.25) is 0 Å². The number of ether oxygens (including phenoxy) is 3. The topological polar surface area (TPSA) is 56.8 Å². The number of anilines is 1. The van der Waals surface area contributed by atoms with Crippen molar-refractivity contribution in [2.75, 3.05) is 12.4 Å². The Morgan fingerprint density at radius 2 is 2.12 bits per heavy atom. The molecule has 0 aliphatic carbocycles. The first-order chi connectivity index (χ1) is 7.52. The van der Waals surface area contributed by atoms with Gasteiger partial charge in [0.05, 0.1) is 12.8 Å². The second-order valence-electron chi connectivity index (χ2n) is 3.85. The van der Waals surface area contributed by atoms with Crippen LogP contribution in [0.15, 0.2) is 18.2 Å². The zero-order valence-electron chi connectivity index (χ0n) is 9.37. The second kappa shape index (κ2) is 3.59. The Balaban J connectivity index is 2.30. The molecule has 0 radical (unpaired) electrons. The third-order valence-electron chi connectivity index (χ3n) is 2.10. The van der Waals surface area contributed by atoms with E-state index in [2.05, 4.69) is 10.1 Å². The van der Waals surface area contributed by atoms with Crippen molar-refractivity contribution in [1.29, 1.82) is 0 Å². The third kappa shape index (κ3) is 1.88. The number of fused-ring (bicyclic) bond motifs is 1. The molecule has 1 aromatic carbocycles. The summed E-state index contributed by atoms with van der Waals surface area (Å²) in [7, 11) is 1.31. The van der Waals surface area contributed by atoms with Gasteiger partial charge in [-0.1, -0.05) is 6.07 Å². The van der Waals surface area contributed by atoms with Crippen molar-refractivity contribution in [3.05, 3.63) is 18.2 Å². The summed E-state index contributed by atoms with van der Waals surface area (Å²) in [4.78, 5) is 11.1. The van der Waals surface area contributed by atoms with E-state index in [4.69, 9.17) is 9.47 Å². The Morgan fingerprint density at radius 3 is 2.81 bits per heavy atom. The van der Waals surface area contributed by atoms with Crippen LogP contribution in [0.25, 0.3) is 0 Å². The average molecular weight is 223 g/mol. The summed E-state index contributed by atoms with van der Waals surface area (Å²) < 4.78 is 15.6. The summed E-state index contributed by atoms with van der Waals surface area (Å²) in [6.07, 6.45) is -0.540. The molecule has 0 saturated carbocycles. The normalized spacial score (nSPS) is 15.7. The first kappa shape index (κ1) is 10.6. The van der Waals surface area contributed by atoms with Gasteiger partial charge in [0.1, 0.15) is 0 Å². The molecule has 0 spiro atoms. The van der Waals surface area contributed by atoms with Crippen LogP contribution in [-0.2, 0) is 4.74 Å². The zero-order chi connectivity index (χ0) is 11.8. The third-order valence-corrected chi connectivity index (χ3v) is 2.10. The lowest BCUT2D eigenvalue weighted by Gasteiger charge is -2.16. The van der Waals surface area contributed by atoms with Crippen LogP contribution in [0.3, 0.4) is 0 Å². The molecule has 2 rings (SSSR count). The van der Waals surface area contributed by atoms with E-state index in [9.17, 15) is 4.79 Å². The number of carbonyl (C=O) groups excluding carboxylic acids is 1. The molecule has 0 atom stereocenters. The molecule has 0 fully saturated rings. The molecule has 0 bridgehead atoms. The highest BCUT2D eigenvalue weighted by atomic mass is 16.7. The fourth-order valence-electron chi connectivity index (χ4n) is 1.49. The highest BCUT2D eigenvalue weighted by Gasteiger charge is 2.33. The maximum atomic E-state index is 11.1. The molecule has 0 aromatic heterocycles.